The number of halogens is 1. The predicted octanol–water partition coefficient (Wildman–Crippen LogP) is 3.80. The van der Waals surface area contributed by atoms with Crippen LogP contribution in [0, 0.1) is 11.8 Å². The molecule has 6 nitrogen and oxygen atoms in total. The van der Waals surface area contributed by atoms with Crippen molar-refractivity contribution in [2.75, 3.05) is 39.2 Å². The van der Waals surface area contributed by atoms with Gasteiger partial charge in [-0.2, -0.15) is 0 Å². The molecule has 2 atom stereocenters. The molecular weight excluding hydrogens is 455 g/mol. The Morgan fingerprint density at radius 2 is 1.78 bits per heavy atom. The summed E-state index contributed by atoms with van der Waals surface area (Å²) in [5.41, 5.74) is 6.91. The summed E-state index contributed by atoms with van der Waals surface area (Å²) in [6.07, 6.45) is 1.30. The van der Waals surface area contributed by atoms with E-state index in [2.05, 4.69) is 42.9 Å². The second kappa shape index (κ2) is 10.4. The van der Waals surface area contributed by atoms with E-state index in [1.54, 1.807) is 14.2 Å². The van der Waals surface area contributed by atoms with Gasteiger partial charge in [0, 0.05) is 30.4 Å². The number of likely N-dealkylation sites (tertiary alicyclic amines) is 1. The molecule has 0 radical (unpaired) electrons. The highest BCUT2D eigenvalue weighted by Gasteiger charge is 2.32. The van der Waals surface area contributed by atoms with E-state index in [1.807, 2.05) is 18.2 Å². The molecule has 1 heterocycles. The van der Waals surface area contributed by atoms with Gasteiger partial charge in [-0.15, -0.1) is 24.0 Å². The SMILES string of the molecule is COc1ccc(NC(N)=NCC(C)(C)N2CC(C)CC(C)C2)cc1OC.I. The first-order chi connectivity index (χ1) is 12.2. The van der Waals surface area contributed by atoms with Gasteiger partial charge in [0.15, 0.2) is 17.5 Å². The number of benzene rings is 1. The fraction of sp³-hybridized carbons (Fsp3) is 0.650. The second-order valence-corrected chi connectivity index (χ2v) is 8.06. The number of guanidine groups is 1. The first-order valence-electron chi connectivity index (χ1n) is 9.29. The number of rotatable bonds is 6. The van der Waals surface area contributed by atoms with Crippen molar-refractivity contribution in [3.63, 3.8) is 0 Å². The van der Waals surface area contributed by atoms with Crippen LogP contribution in [0.2, 0.25) is 0 Å². The monoisotopic (exact) mass is 490 g/mol. The molecule has 1 aromatic carbocycles. The van der Waals surface area contributed by atoms with Gasteiger partial charge in [0.1, 0.15) is 0 Å². The third kappa shape index (κ3) is 6.71. The van der Waals surface area contributed by atoms with Crippen molar-refractivity contribution in [1.29, 1.82) is 0 Å². The summed E-state index contributed by atoms with van der Waals surface area (Å²) in [6, 6.07) is 5.58. The Balaban J connectivity index is 0.00000364. The van der Waals surface area contributed by atoms with Crippen LogP contribution in [0.4, 0.5) is 5.69 Å². The minimum absolute atomic E-state index is 0. The summed E-state index contributed by atoms with van der Waals surface area (Å²) in [7, 11) is 3.23. The van der Waals surface area contributed by atoms with Crippen molar-refractivity contribution < 1.29 is 9.47 Å². The maximum Gasteiger partial charge on any atom is 0.193 e. The van der Waals surface area contributed by atoms with Crippen molar-refractivity contribution in [3.05, 3.63) is 18.2 Å². The van der Waals surface area contributed by atoms with Crippen LogP contribution in [0.5, 0.6) is 11.5 Å². The van der Waals surface area contributed by atoms with Crippen LogP contribution in [-0.2, 0) is 0 Å². The molecule has 0 saturated carbocycles. The van der Waals surface area contributed by atoms with Gasteiger partial charge in [0.2, 0.25) is 0 Å². The molecule has 0 spiro atoms. The van der Waals surface area contributed by atoms with Gasteiger partial charge in [-0.3, -0.25) is 9.89 Å². The van der Waals surface area contributed by atoms with E-state index in [-0.39, 0.29) is 29.5 Å². The maximum absolute atomic E-state index is 6.11. The van der Waals surface area contributed by atoms with Crippen LogP contribution in [0.25, 0.3) is 0 Å². The smallest absolute Gasteiger partial charge is 0.193 e. The number of methoxy groups -OCH3 is 2. The van der Waals surface area contributed by atoms with Gasteiger partial charge < -0.3 is 20.5 Å². The molecule has 0 bridgehead atoms. The molecule has 1 aliphatic rings. The molecule has 2 rings (SSSR count). The molecule has 154 valence electrons. The molecule has 0 aromatic heterocycles. The topological polar surface area (TPSA) is 72.1 Å². The van der Waals surface area contributed by atoms with E-state index in [9.17, 15) is 0 Å². The lowest BCUT2D eigenvalue weighted by atomic mass is 9.88. The highest BCUT2D eigenvalue weighted by atomic mass is 127. The lowest BCUT2D eigenvalue weighted by Gasteiger charge is -2.44. The summed E-state index contributed by atoms with van der Waals surface area (Å²) in [5, 5.41) is 3.13. The maximum atomic E-state index is 6.11. The van der Waals surface area contributed by atoms with E-state index < -0.39 is 0 Å². The molecule has 3 N–H and O–H groups in total. The fourth-order valence-corrected chi connectivity index (χ4v) is 3.64. The predicted molar refractivity (Wildman–Crippen MR) is 124 cm³/mol. The normalized spacial score (nSPS) is 21.3. The molecule has 2 unspecified atom stereocenters. The van der Waals surface area contributed by atoms with Crippen molar-refractivity contribution in [2.24, 2.45) is 22.6 Å². The van der Waals surface area contributed by atoms with Gasteiger partial charge >= 0.3 is 0 Å². The highest BCUT2D eigenvalue weighted by Crippen LogP contribution is 2.30. The highest BCUT2D eigenvalue weighted by molar-refractivity contribution is 14.0. The van der Waals surface area contributed by atoms with Crippen LogP contribution in [0.1, 0.15) is 34.1 Å². The summed E-state index contributed by atoms with van der Waals surface area (Å²) in [5.74, 6) is 3.20. The van der Waals surface area contributed by atoms with Crippen LogP contribution < -0.4 is 20.5 Å². The number of nitrogens with one attached hydrogen (secondary N) is 1. The van der Waals surface area contributed by atoms with E-state index in [1.165, 1.54) is 6.42 Å². The number of aliphatic imine (C=N–C) groups is 1. The van der Waals surface area contributed by atoms with E-state index in [0.29, 0.717) is 24.0 Å². The quantitative estimate of drug-likeness (QED) is 0.361. The van der Waals surface area contributed by atoms with Crippen LogP contribution >= 0.6 is 24.0 Å². The number of nitrogens with two attached hydrogens (primary N) is 1. The van der Waals surface area contributed by atoms with Crippen molar-refractivity contribution in [3.8, 4) is 11.5 Å². The third-order valence-electron chi connectivity index (χ3n) is 5.02. The fourth-order valence-electron chi connectivity index (χ4n) is 3.64. The van der Waals surface area contributed by atoms with Gasteiger partial charge in [0.05, 0.1) is 20.8 Å². The van der Waals surface area contributed by atoms with Crippen molar-refractivity contribution in [1.82, 2.24) is 4.90 Å². The average molecular weight is 490 g/mol. The summed E-state index contributed by atoms with van der Waals surface area (Å²) in [4.78, 5) is 7.12. The molecule has 1 aromatic rings. The Morgan fingerprint density at radius 3 is 2.33 bits per heavy atom. The van der Waals surface area contributed by atoms with Gasteiger partial charge in [-0.25, -0.2) is 0 Å². The number of hydrogen-bond acceptors (Lipinski definition) is 4. The lowest BCUT2D eigenvalue weighted by molar-refractivity contribution is 0.0513. The molecule has 7 heteroatoms. The third-order valence-corrected chi connectivity index (χ3v) is 5.02. The molecule has 1 saturated heterocycles. The Bertz CT molecular complexity index is 626. The molecule has 27 heavy (non-hydrogen) atoms. The van der Waals surface area contributed by atoms with Crippen LogP contribution in [0.15, 0.2) is 23.2 Å². The number of ether oxygens (including phenoxy) is 2. The van der Waals surface area contributed by atoms with Crippen molar-refractivity contribution >= 4 is 35.6 Å². The summed E-state index contributed by atoms with van der Waals surface area (Å²) in [6.45, 7) is 12.0. The standard InChI is InChI=1S/C20H34N4O2.HI/c1-14-9-15(2)12-24(11-14)20(3,4)13-22-19(21)23-16-7-8-17(25-5)18(10-16)26-6;/h7-8,10,14-15H,9,11-13H2,1-6H3,(H3,21,22,23);1H. The zero-order valence-corrected chi connectivity index (χ0v) is 19.7. The number of hydrogen-bond donors (Lipinski definition) is 2. The Labute approximate surface area is 180 Å². The molecular formula is C20H35IN4O2. The zero-order valence-electron chi connectivity index (χ0n) is 17.4. The van der Waals surface area contributed by atoms with Crippen molar-refractivity contribution in [2.45, 2.75) is 39.7 Å². The Morgan fingerprint density at radius 1 is 1.19 bits per heavy atom. The van der Waals surface area contributed by atoms with E-state index >= 15 is 0 Å². The largest absolute Gasteiger partial charge is 0.493 e. The van der Waals surface area contributed by atoms with Crippen LogP contribution in [0.3, 0.4) is 0 Å². The summed E-state index contributed by atoms with van der Waals surface area (Å²) >= 11 is 0. The van der Waals surface area contributed by atoms with E-state index in [4.69, 9.17) is 15.2 Å². The molecule has 1 aliphatic heterocycles. The minimum atomic E-state index is -0.0210. The molecule has 0 amide bonds. The lowest BCUT2D eigenvalue weighted by Crippen LogP contribution is -2.52. The number of anilines is 1. The molecule has 1 fully saturated rings. The summed E-state index contributed by atoms with van der Waals surface area (Å²) < 4.78 is 10.6. The first kappa shape index (κ1) is 23.8. The minimum Gasteiger partial charge on any atom is -0.493 e. The Hall–Kier alpha value is -1.22. The van der Waals surface area contributed by atoms with Crippen LogP contribution in [-0.4, -0.2) is 50.3 Å². The average Bonchev–Trinajstić information content (AvgIpc) is 2.59. The molecule has 0 aliphatic carbocycles. The number of nitrogens with zero attached hydrogens (tertiary/aromatic N) is 2. The van der Waals surface area contributed by atoms with Gasteiger partial charge in [-0.05, 0) is 44.2 Å². The number of piperidine rings is 1. The Kier molecular flexibility index (Phi) is 9.14. The zero-order chi connectivity index (χ0) is 19.3. The second-order valence-electron chi connectivity index (χ2n) is 8.06. The van der Waals surface area contributed by atoms with E-state index in [0.717, 1.165) is 30.6 Å². The van der Waals surface area contributed by atoms with Gasteiger partial charge in [0.25, 0.3) is 0 Å². The first-order valence-corrected chi connectivity index (χ1v) is 9.29. The van der Waals surface area contributed by atoms with Gasteiger partial charge in [-0.1, -0.05) is 13.8 Å².